The zero-order valence-electron chi connectivity index (χ0n) is 7.54. The Morgan fingerprint density at radius 2 is 2.13 bits per heavy atom. The molecule has 76 valence electrons. The molecule has 0 amide bonds. The summed E-state index contributed by atoms with van der Waals surface area (Å²) >= 11 is 4.59. The van der Waals surface area contributed by atoms with Gasteiger partial charge in [-0.05, 0) is 23.6 Å². The third-order valence-electron chi connectivity index (χ3n) is 2.03. The summed E-state index contributed by atoms with van der Waals surface area (Å²) in [6.07, 6.45) is 0.749. The molecule has 15 heavy (non-hydrogen) atoms. The summed E-state index contributed by atoms with van der Waals surface area (Å²) in [7, 11) is 0. The highest BCUT2D eigenvalue weighted by atomic mass is 79.9. The number of halogens is 2. The highest BCUT2D eigenvalue weighted by Crippen LogP contribution is 2.34. The molecular weight excluding hydrogens is 279 g/mol. The van der Waals surface area contributed by atoms with Gasteiger partial charge in [-0.1, -0.05) is 22.0 Å². The van der Waals surface area contributed by atoms with Gasteiger partial charge in [-0.3, -0.25) is 4.79 Å². The lowest BCUT2D eigenvalue weighted by molar-refractivity contribution is 0.112. The molecule has 1 nitrogen and oxygen atoms in total. The monoisotopic (exact) mass is 284 g/mol. The van der Waals surface area contributed by atoms with Crippen molar-refractivity contribution in [1.82, 2.24) is 0 Å². The Labute approximate surface area is 98.7 Å². The maximum atomic E-state index is 13.6. The van der Waals surface area contributed by atoms with Crippen LogP contribution in [0.1, 0.15) is 9.67 Å². The Bertz CT molecular complexity index is 487. The van der Waals surface area contributed by atoms with Gasteiger partial charge >= 0.3 is 0 Å². The number of hydrogen-bond acceptors (Lipinski definition) is 2. The van der Waals surface area contributed by atoms with Crippen molar-refractivity contribution in [1.29, 1.82) is 0 Å². The van der Waals surface area contributed by atoms with Crippen LogP contribution in [0.3, 0.4) is 0 Å². The van der Waals surface area contributed by atoms with E-state index in [1.54, 1.807) is 23.6 Å². The van der Waals surface area contributed by atoms with Crippen LogP contribution in [0.5, 0.6) is 0 Å². The third-order valence-corrected chi connectivity index (χ3v) is 3.54. The number of thiophene rings is 1. The summed E-state index contributed by atoms with van der Waals surface area (Å²) in [6.45, 7) is 0. The molecule has 0 saturated carbocycles. The average Bonchev–Trinajstić information content (AvgIpc) is 2.65. The minimum atomic E-state index is -0.328. The van der Waals surface area contributed by atoms with Crippen LogP contribution in [-0.2, 0) is 0 Å². The van der Waals surface area contributed by atoms with E-state index in [9.17, 15) is 9.18 Å². The Balaban J connectivity index is 2.68. The predicted molar refractivity (Wildman–Crippen MR) is 62.8 cm³/mol. The first-order valence-electron chi connectivity index (χ1n) is 4.21. The van der Waals surface area contributed by atoms with Crippen LogP contribution in [0.2, 0.25) is 0 Å². The van der Waals surface area contributed by atoms with Gasteiger partial charge in [0.2, 0.25) is 0 Å². The molecule has 0 atom stereocenters. The van der Waals surface area contributed by atoms with Crippen LogP contribution >= 0.6 is 27.3 Å². The van der Waals surface area contributed by atoms with Crippen LogP contribution in [0.4, 0.5) is 4.39 Å². The first-order chi connectivity index (χ1) is 7.24. The standard InChI is InChI=1S/C11H6BrFOS/c12-8-2-1-3-9(13)11(8)7-4-5-15-10(7)6-14/h1-6H. The van der Waals surface area contributed by atoms with E-state index in [-0.39, 0.29) is 5.82 Å². The molecule has 0 saturated heterocycles. The molecular formula is C11H6BrFOS. The van der Waals surface area contributed by atoms with Crippen molar-refractivity contribution >= 4 is 33.6 Å². The van der Waals surface area contributed by atoms with Crippen molar-refractivity contribution in [2.45, 2.75) is 0 Å². The molecule has 0 unspecified atom stereocenters. The lowest BCUT2D eigenvalue weighted by Crippen LogP contribution is -1.87. The maximum absolute atomic E-state index is 13.6. The van der Waals surface area contributed by atoms with E-state index in [0.717, 1.165) is 6.29 Å². The molecule has 0 fully saturated rings. The van der Waals surface area contributed by atoms with E-state index < -0.39 is 0 Å². The Morgan fingerprint density at radius 1 is 1.33 bits per heavy atom. The van der Waals surface area contributed by atoms with Gasteiger partial charge in [-0.15, -0.1) is 11.3 Å². The molecule has 0 aliphatic rings. The van der Waals surface area contributed by atoms with E-state index in [1.807, 2.05) is 0 Å². The molecule has 1 aromatic carbocycles. The van der Waals surface area contributed by atoms with Crippen molar-refractivity contribution in [2.24, 2.45) is 0 Å². The second-order valence-corrected chi connectivity index (χ2v) is 4.72. The molecule has 2 rings (SSSR count). The van der Waals surface area contributed by atoms with Gasteiger partial charge in [0.25, 0.3) is 0 Å². The molecule has 1 heterocycles. The lowest BCUT2D eigenvalue weighted by Gasteiger charge is -2.04. The van der Waals surface area contributed by atoms with E-state index in [4.69, 9.17) is 0 Å². The molecule has 1 aromatic heterocycles. The largest absolute Gasteiger partial charge is 0.297 e. The zero-order valence-corrected chi connectivity index (χ0v) is 9.94. The molecule has 0 aliphatic carbocycles. The summed E-state index contributed by atoms with van der Waals surface area (Å²) in [5.74, 6) is -0.328. The molecule has 4 heteroatoms. The van der Waals surface area contributed by atoms with Crippen molar-refractivity contribution in [2.75, 3.05) is 0 Å². The fraction of sp³-hybridized carbons (Fsp3) is 0. The number of aldehydes is 1. The van der Waals surface area contributed by atoms with Crippen LogP contribution in [0.25, 0.3) is 11.1 Å². The van der Waals surface area contributed by atoms with Gasteiger partial charge in [0.05, 0.1) is 4.88 Å². The van der Waals surface area contributed by atoms with Crippen LogP contribution in [0, 0.1) is 5.82 Å². The van der Waals surface area contributed by atoms with Crippen LogP contribution in [-0.4, -0.2) is 6.29 Å². The van der Waals surface area contributed by atoms with Crippen molar-refractivity contribution in [3.8, 4) is 11.1 Å². The summed E-state index contributed by atoms with van der Waals surface area (Å²) in [5.41, 5.74) is 1.08. The minimum absolute atomic E-state index is 0.328. The van der Waals surface area contributed by atoms with Crippen molar-refractivity contribution < 1.29 is 9.18 Å². The highest BCUT2D eigenvalue weighted by molar-refractivity contribution is 9.10. The van der Waals surface area contributed by atoms with Gasteiger partial charge < -0.3 is 0 Å². The number of carbonyl (C=O) groups is 1. The van der Waals surface area contributed by atoms with Crippen LogP contribution in [0.15, 0.2) is 34.1 Å². The Hall–Kier alpha value is -1.000. The second-order valence-electron chi connectivity index (χ2n) is 2.91. The minimum Gasteiger partial charge on any atom is -0.297 e. The molecule has 0 bridgehead atoms. The van der Waals surface area contributed by atoms with Crippen LogP contribution < -0.4 is 0 Å². The molecule has 2 aromatic rings. The summed E-state index contributed by atoms with van der Waals surface area (Å²) < 4.78 is 14.2. The molecule has 0 spiro atoms. The quantitative estimate of drug-likeness (QED) is 0.758. The van der Waals surface area contributed by atoms with E-state index in [2.05, 4.69) is 15.9 Å². The third kappa shape index (κ3) is 1.87. The van der Waals surface area contributed by atoms with Crippen molar-refractivity contribution in [3.05, 3.63) is 44.8 Å². The zero-order chi connectivity index (χ0) is 10.8. The Morgan fingerprint density at radius 3 is 2.80 bits per heavy atom. The van der Waals surface area contributed by atoms with Gasteiger partial charge in [-0.2, -0.15) is 0 Å². The fourth-order valence-electron chi connectivity index (χ4n) is 1.37. The SMILES string of the molecule is O=Cc1sccc1-c1c(F)cccc1Br. The lowest BCUT2D eigenvalue weighted by atomic mass is 10.1. The summed E-state index contributed by atoms with van der Waals surface area (Å²) in [4.78, 5) is 11.3. The number of hydrogen-bond donors (Lipinski definition) is 0. The first-order valence-corrected chi connectivity index (χ1v) is 5.88. The molecule has 0 aliphatic heterocycles. The normalized spacial score (nSPS) is 10.3. The van der Waals surface area contributed by atoms with Gasteiger partial charge in [-0.25, -0.2) is 4.39 Å². The molecule has 0 radical (unpaired) electrons. The average molecular weight is 285 g/mol. The fourth-order valence-corrected chi connectivity index (χ4v) is 2.63. The smallest absolute Gasteiger partial charge is 0.160 e. The molecule has 0 N–H and O–H groups in total. The Kier molecular flexibility index (Phi) is 2.98. The first kappa shape index (κ1) is 10.5. The van der Waals surface area contributed by atoms with E-state index >= 15 is 0 Å². The summed E-state index contributed by atoms with van der Waals surface area (Å²) in [6, 6.07) is 6.50. The topological polar surface area (TPSA) is 17.1 Å². The predicted octanol–water partition coefficient (Wildman–Crippen LogP) is 4.13. The van der Waals surface area contributed by atoms with E-state index in [1.165, 1.54) is 17.4 Å². The van der Waals surface area contributed by atoms with E-state index in [0.29, 0.717) is 20.5 Å². The van der Waals surface area contributed by atoms with Gasteiger partial charge in [0, 0.05) is 15.6 Å². The number of benzene rings is 1. The number of carbonyl (C=O) groups excluding carboxylic acids is 1. The van der Waals surface area contributed by atoms with Gasteiger partial charge in [0.15, 0.2) is 6.29 Å². The summed E-state index contributed by atoms with van der Waals surface area (Å²) in [5, 5.41) is 1.78. The van der Waals surface area contributed by atoms with Crippen molar-refractivity contribution in [3.63, 3.8) is 0 Å². The van der Waals surface area contributed by atoms with Gasteiger partial charge in [0.1, 0.15) is 5.82 Å². The highest BCUT2D eigenvalue weighted by Gasteiger charge is 2.13. The maximum Gasteiger partial charge on any atom is 0.160 e. The second kappa shape index (κ2) is 4.24. The number of rotatable bonds is 2.